The summed E-state index contributed by atoms with van der Waals surface area (Å²) >= 11 is 0. The second-order valence-corrected chi connectivity index (χ2v) is 0. The summed E-state index contributed by atoms with van der Waals surface area (Å²) in [7, 11) is 0. The van der Waals surface area contributed by atoms with Crippen LogP contribution in [0.1, 0.15) is 0 Å². The Morgan fingerprint density at radius 3 is 0.222 bits per heavy atom. The van der Waals surface area contributed by atoms with E-state index < -0.39 is 0 Å². The number of rotatable bonds is 0. The Kier molecular flexibility index (Phi) is 1450. The summed E-state index contributed by atoms with van der Waals surface area (Å²) < 4.78 is 0. The topological polar surface area (TPSA) is 0 Å². The van der Waals surface area contributed by atoms with E-state index in [2.05, 4.69) is 0 Å². The Morgan fingerprint density at radius 1 is 0.222 bits per heavy atom. The van der Waals surface area contributed by atoms with Crippen LogP contribution in [0.2, 0.25) is 0 Å². The first kappa shape index (κ1) is 130. The maximum absolute atomic E-state index is 0. The van der Waals surface area contributed by atoms with E-state index in [1.54, 1.807) is 0 Å². The molecule has 0 aromatic rings. The van der Waals surface area contributed by atoms with E-state index in [1.807, 2.05) is 0 Å². The number of hydrogen-bond donors (Lipinski definition) is 0. The fourth-order valence-corrected chi connectivity index (χ4v) is 0. The fraction of sp³-hybridized carbons (Fsp3) is 0. The molecule has 0 aliphatic carbocycles. The van der Waals surface area contributed by atoms with Crippen molar-refractivity contribution in [2.75, 3.05) is 0 Å². The van der Waals surface area contributed by atoms with E-state index >= 15 is 0 Å². The minimum absolute atomic E-state index is 0. The molecule has 0 saturated carbocycles. The summed E-state index contributed by atoms with van der Waals surface area (Å²) in [5.41, 5.74) is 0. The largest absolute Gasteiger partial charge is 2.00 e. The molecular formula is Cl6Zn3. The molecule has 0 atom stereocenters. The molecule has 0 heterocycles. The van der Waals surface area contributed by atoms with Crippen molar-refractivity contribution in [3.63, 3.8) is 0 Å². The molecule has 0 aliphatic heterocycles. The van der Waals surface area contributed by atoms with E-state index in [1.165, 1.54) is 0 Å². The van der Waals surface area contributed by atoms with Gasteiger partial charge in [0.05, 0.1) is 0 Å². The molecule has 0 bridgehead atoms. The van der Waals surface area contributed by atoms with Gasteiger partial charge in [0.2, 0.25) is 0 Å². The van der Waals surface area contributed by atoms with Crippen molar-refractivity contribution in [3.05, 3.63) is 0 Å². The molecule has 0 amide bonds. The van der Waals surface area contributed by atoms with Gasteiger partial charge in [0, 0.05) is 0 Å². The predicted octanol–water partition coefficient (Wildman–Crippen LogP) is -18.0. The molecule has 0 nitrogen and oxygen atoms in total. The molecular weight excluding hydrogens is 409 g/mol. The normalized spacial score (nSPS) is 0. The summed E-state index contributed by atoms with van der Waals surface area (Å²) in [6.45, 7) is 0. The van der Waals surface area contributed by atoms with Gasteiger partial charge < -0.3 is 74.4 Å². The van der Waals surface area contributed by atoms with Gasteiger partial charge >= 0.3 is 58.4 Å². The van der Waals surface area contributed by atoms with Crippen LogP contribution in [0.5, 0.6) is 0 Å². The van der Waals surface area contributed by atoms with Crippen molar-refractivity contribution >= 4 is 0 Å². The van der Waals surface area contributed by atoms with Crippen LogP contribution in [-0.4, -0.2) is 0 Å². The first-order chi connectivity index (χ1) is 0. The Morgan fingerprint density at radius 2 is 0.222 bits per heavy atom. The second-order valence-electron chi connectivity index (χ2n) is 0. The van der Waals surface area contributed by atoms with Crippen molar-refractivity contribution in [2.24, 2.45) is 0 Å². The minimum Gasteiger partial charge on any atom is -1.00 e. The molecule has 0 radical (unpaired) electrons. The summed E-state index contributed by atoms with van der Waals surface area (Å²) in [4.78, 5) is 0. The third-order valence-electron chi connectivity index (χ3n) is 0. The zero-order valence-electron chi connectivity index (χ0n) is 4.39. The van der Waals surface area contributed by atoms with Crippen LogP contribution in [-0.2, 0) is 58.4 Å². The third kappa shape index (κ3) is 82.3. The summed E-state index contributed by atoms with van der Waals surface area (Å²) in [5, 5.41) is 0. The van der Waals surface area contributed by atoms with Crippen LogP contribution < -0.4 is 74.4 Å². The number of hydrogen-bond acceptors (Lipinski definition) is 0. The van der Waals surface area contributed by atoms with E-state index in [0.717, 1.165) is 0 Å². The molecule has 0 N–H and O–H groups in total. The Labute approximate surface area is 131 Å². The molecule has 0 spiro atoms. The Bertz CT molecular complexity index is 8.26. The second kappa shape index (κ2) is 100. The molecule has 0 aromatic carbocycles. The van der Waals surface area contributed by atoms with Gasteiger partial charge in [-0.25, -0.2) is 0 Å². The molecule has 9 heteroatoms. The van der Waals surface area contributed by atoms with E-state index in [9.17, 15) is 0 Å². The molecule has 48 valence electrons. The van der Waals surface area contributed by atoms with Crippen LogP contribution in [0.25, 0.3) is 0 Å². The quantitative estimate of drug-likeness (QED) is 0.349. The maximum Gasteiger partial charge on any atom is 2.00 e. The Balaban J connectivity index is 0. The molecule has 9 heavy (non-hydrogen) atoms. The van der Waals surface area contributed by atoms with Crippen molar-refractivity contribution in [2.45, 2.75) is 0 Å². The predicted molar refractivity (Wildman–Crippen MR) is 0 cm³/mol. The van der Waals surface area contributed by atoms with Gasteiger partial charge in [0.25, 0.3) is 0 Å². The minimum atomic E-state index is 0. The van der Waals surface area contributed by atoms with Crippen molar-refractivity contribution < 1.29 is 133 Å². The number of halogens is 6. The van der Waals surface area contributed by atoms with Gasteiger partial charge in [-0.15, -0.1) is 0 Å². The average molecular weight is 409 g/mol. The molecule has 0 aliphatic rings. The van der Waals surface area contributed by atoms with Crippen molar-refractivity contribution in [1.29, 1.82) is 0 Å². The van der Waals surface area contributed by atoms with Gasteiger partial charge in [-0.3, -0.25) is 0 Å². The molecule has 0 rings (SSSR count). The monoisotopic (exact) mass is 402 g/mol. The van der Waals surface area contributed by atoms with Gasteiger partial charge in [0.1, 0.15) is 0 Å². The van der Waals surface area contributed by atoms with Crippen molar-refractivity contribution in [3.8, 4) is 0 Å². The Hall–Kier alpha value is 3.61. The first-order valence-electron chi connectivity index (χ1n) is 0. The molecule has 0 saturated heterocycles. The first-order valence-corrected chi connectivity index (χ1v) is 0. The maximum atomic E-state index is 0. The van der Waals surface area contributed by atoms with Gasteiger partial charge in [-0.1, -0.05) is 0 Å². The standard InChI is InChI=1S/6ClH.3Zn/h6*1H;;;/q;;;;;;3*+2/p-6. The van der Waals surface area contributed by atoms with Gasteiger partial charge in [-0.2, -0.15) is 0 Å². The summed E-state index contributed by atoms with van der Waals surface area (Å²) in [6.07, 6.45) is 0. The van der Waals surface area contributed by atoms with Crippen molar-refractivity contribution in [1.82, 2.24) is 0 Å². The van der Waals surface area contributed by atoms with Crippen LogP contribution in [0.15, 0.2) is 0 Å². The zero-order chi connectivity index (χ0) is 0. The smallest absolute Gasteiger partial charge is 1.00 e. The van der Waals surface area contributed by atoms with E-state index in [0.29, 0.717) is 0 Å². The SMILES string of the molecule is [Cl-].[Cl-].[Cl-].[Cl-].[Cl-].[Cl-].[Zn+2].[Zn+2].[Zn+2]. The van der Waals surface area contributed by atoms with E-state index in [-0.39, 0.29) is 133 Å². The van der Waals surface area contributed by atoms with Gasteiger partial charge in [-0.05, 0) is 0 Å². The summed E-state index contributed by atoms with van der Waals surface area (Å²) in [5.74, 6) is 0. The molecule has 0 fully saturated rings. The van der Waals surface area contributed by atoms with E-state index in [4.69, 9.17) is 0 Å². The van der Waals surface area contributed by atoms with Crippen LogP contribution in [0, 0.1) is 0 Å². The molecule has 0 unspecified atom stereocenters. The zero-order valence-corrected chi connectivity index (χ0v) is 17.8. The fourth-order valence-electron chi connectivity index (χ4n) is 0. The van der Waals surface area contributed by atoms with Gasteiger partial charge in [0.15, 0.2) is 0 Å². The van der Waals surface area contributed by atoms with Crippen LogP contribution in [0.3, 0.4) is 0 Å². The average Bonchev–Trinajstić information content (AvgIpc) is 0. The summed E-state index contributed by atoms with van der Waals surface area (Å²) in [6, 6.07) is 0. The third-order valence-corrected chi connectivity index (χ3v) is 0. The van der Waals surface area contributed by atoms with Crippen LogP contribution in [0.4, 0.5) is 0 Å². The molecule has 0 aromatic heterocycles. The van der Waals surface area contributed by atoms with Crippen LogP contribution >= 0.6 is 0 Å².